The van der Waals surface area contributed by atoms with Crippen LogP contribution in [-0.2, 0) is 10.0 Å². The van der Waals surface area contributed by atoms with E-state index in [-0.39, 0.29) is 0 Å². The number of piperidine rings is 1. The first-order valence-electron chi connectivity index (χ1n) is 9.90. The van der Waals surface area contributed by atoms with Crippen molar-refractivity contribution in [3.8, 4) is 5.75 Å². The predicted octanol–water partition coefficient (Wildman–Crippen LogP) is 3.37. The van der Waals surface area contributed by atoms with Gasteiger partial charge >= 0.3 is 0 Å². The molecule has 1 aliphatic heterocycles. The summed E-state index contributed by atoms with van der Waals surface area (Å²) in [6.07, 6.45) is 2.13. The Kier molecular flexibility index (Phi) is 7.10. The molecule has 0 spiro atoms. The Morgan fingerprint density at radius 3 is 2.64 bits per heavy atom. The molecule has 3 rings (SSSR count). The van der Waals surface area contributed by atoms with Crippen LogP contribution in [0.5, 0.6) is 5.75 Å². The topological polar surface area (TPSA) is 58.6 Å². The van der Waals surface area contributed by atoms with Gasteiger partial charge in [0.2, 0.25) is 10.0 Å². The van der Waals surface area contributed by atoms with Gasteiger partial charge in [-0.2, -0.15) is 0 Å². The number of rotatable bonds is 8. The number of benzene rings is 2. The van der Waals surface area contributed by atoms with Gasteiger partial charge in [0.1, 0.15) is 12.4 Å². The summed E-state index contributed by atoms with van der Waals surface area (Å²) in [5.74, 6) is 1.23. The van der Waals surface area contributed by atoms with Gasteiger partial charge in [-0.15, -0.1) is 0 Å². The summed E-state index contributed by atoms with van der Waals surface area (Å²) in [6.45, 7) is 7.92. The molecule has 0 bridgehead atoms. The number of ether oxygens (including phenoxy) is 1. The van der Waals surface area contributed by atoms with Crippen LogP contribution in [0.15, 0.2) is 53.4 Å². The van der Waals surface area contributed by atoms with Gasteiger partial charge in [0, 0.05) is 19.6 Å². The van der Waals surface area contributed by atoms with Crippen LogP contribution in [-0.4, -0.2) is 46.1 Å². The normalized spacial score (nSPS) is 18.1. The molecule has 2 aromatic rings. The average Bonchev–Trinajstić information content (AvgIpc) is 2.67. The first-order valence-corrected chi connectivity index (χ1v) is 11.4. The van der Waals surface area contributed by atoms with Gasteiger partial charge in [-0.05, 0) is 69.0 Å². The van der Waals surface area contributed by atoms with Gasteiger partial charge < -0.3 is 4.74 Å². The third-order valence-electron chi connectivity index (χ3n) is 5.16. The van der Waals surface area contributed by atoms with Crippen molar-refractivity contribution in [2.24, 2.45) is 5.92 Å². The van der Waals surface area contributed by atoms with Crippen molar-refractivity contribution < 1.29 is 13.2 Å². The second-order valence-corrected chi connectivity index (χ2v) is 9.41. The lowest BCUT2D eigenvalue weighted by atomic mass is 9.98. The molecule has 0 amide bonds. The molecule has 2 aromatic carbocycles. The number of aryl methyl sites for hydroxylation is 2. The summed E-state index contributed by atoms with van der Waals surface area (Å²) < 4.78 is 33.6. The summed E-state index contributed by atoms with van der Waals surface area (Å²) in [5, 5.41) is 0. The maximum absolute atomic E-state index is 12.5. The van der Waals surface area contributed by atoms with Crippen molar-refractivity contribution in [1.82, 2.24) is 9.62 Å². The maximum atomic E-state index is 12.5. The van der Waals surface area contributed by atoms with E-state index in [1.807, 2.05) is 37.3 Å². The van der Waals surface area contributed by atoms with Crippen LogP contribution in [0, 0.1) is 19.8 Å². The second-order valence-electron chi connectivity index (χ2n) is 7.64. The van der Waals surface area contributed by atoms with E-state index < -0.39 is 10.0 Å². The molecule has 1 N–H and O–H groups in total. The second kappa shape index (κ2) is 9.54. The highest BCUT2D eigenvalue weighted by Crippen LogP contribution is 2.18. The highest BCUT2D eigenvalue weighted by Gasteiger charge is 2.22. The summed E-state index contributed by atoms with van der Waals surface area (Å²) >= 11 is 0. The van der Waals surface area contributed by atoms with E-state index in [0.29, 0.717) is 24.0 Å². The molecule has 6 heteroatoms. The molecule has 28 heavy (non-hydrogen) atoms. The smallest absolute Gasteiger partial charge is 0.240 e. The molecule has 1 saturated heterocycles. The van der Waals surface area contributed by atoms with Crippen LogP contribution in [0.1, 0.15) is 24.0 Å². The third kappa shape index (κ3) is 6.06. The fourth-order valence-electron chi connectivity index (χ4n) is 3.55. The minimum atomic E-state index is -3.44. The van der Waals surface area contributed by atoms with Gasteiger partial charge in [-0.25, -0.2) is 13.1 Å². The van der Waals surface area contributed by atoms with Crippen LogP contribution < -0.4 is 9.46 Å². The number of sulfonamides is 1. The first kappa shape index (κ1) is 20.8. The van der Waals surface area contributed by atoms with E-state index in [9.17, 15) is 8.42 Å². The van der Waals surface area contributed by atoms with E-state index in [0.717, 1.165) is 43.8 Å². The first-order chi connectivity index (χ1) is 13.4. The van der Waals surface area contributed by atoms with E-state index in [2.05, 4.69) is 22.6 Å². The molecule has 1 unspecified atom stereocenters. The van der Waals surface area contributed by atoms with Gasteiger partial charge in [0.15, 0.2) is 0 Å². The Hall–Kier alpha value is -1.89. The summed E-state index contributed by atoms with van der Waals surface area (Å²) in [7, 11) is -3.44. The van der Waals surface area contributed by atoms with Crippen molar-refractivity contribution in [2.75, 3.05) is 32.8 Å². The molecule has 0 aromatic heterocycles. The van der Waals surface area contributed by atoms with Crippen molar-refractivity contribution in [1.29, 1.82) is 0 Å². The SMILES string of the molecule is Cc1ccc(S(=O)(=O)NCC2CCCN(CCOc3cccc(C)c3)C2)cc1. The van der Waals surface area contributed by atoms with Crippen LogP contribution in [0.4, 0.5) is 0 Å². The van der Waals surface area contributed by atoms with Crippen LogP contribution in [0.3, 0.4) is 0 Å². The minimum absolute atomic E-state index is 0.327. The lowest BCUT2D eigenvalue weighted by Crippen LogP contribution is -2.42. The summed E-state index contributed by atoms with van der Waals surface area (Å²) in [4.78, 5) is 2.70. The van der Waals surface area contributed by atoms with E-state index >= 15 is 0 Å². The fourth-order valence-corrected chi connectivity index (χ4v) is 4.66. The molecule has 0 saturated carbocycles. The van der Waals surface area contributed by atoms with Crippen molar-refractivity contribution in [2.45, 2.75) is 31.6 Å². The highest BCUT2D eigenvalue weighted by atomic mass is 32.2. The Morgan fingerprint density at radius 2 is 1.89 bits per heavy atom. The summed E-state index contributed by atoms with van der Waals surface area (Å²) in [6, 6.07) is 15.0. The molecule has 1 fully saturated rings. The van der Waals surface area contributed by atoms with E-state index in [1.54, 1.807) is 12.1 Å². The van der Waals surface area contributed by atoms with Gasteiger partial charge in [-0.1, -0.05) is 29.8 Å². The van der Waals surface area contributed by atoms with Crippen LogP contribution in [0.25, 0.3) is 0 Å². The van der Waals surface area contributed by atoms with Gasteiger partial charge in [0.25, 0.3) is 0 Å². The van der Waals surface area contributed by atoms with Gasteiger partial charge in [-0.3, -0.25) is 4.90 Å². The zero-order valence-corrected chi connectivity index (χ0v) is 17.5. The molecule has 0 aliphatic carbocycles. The predicted molar refractivity (Wildman–Crippen MR) is 112 cm³/mol. The van der Waals surface area contributed by atoms with Crippen LogP contribution in [0.2, 0.25) is 0 Å². The Morgan fingerprint density at radius 1 is 1.11 bits per heavy atom. The zero-order chi connectivity index (χ0) is 20.0. The standard InChI is InChI=1S/C22H30N2O3S/c1-18-8-10-22(11-9-18)28(25,26)23-16-20-6-4-12-24(17-20)13-14-27-21-7-3-5-19(2)15-21/h3,5,7-11,15,20,23H,4,6,12-14,16-17H2,1-2H3. The summed E-state index contributed by atoms with van der Waals surface area (Å²) in [5.41, 5.74) is 2.24. The number of nitrogens with one attached hydrogen (secondary N) is 1. The molecule has 5 nitrogen and oxygen atoms in total. The molecule has 152 valence electrons. The van der Waals surface area contributed by atoms with Gasteiger partial charge in [0.05, 0.1) is 4.90 Å². The number of nitrogens with zero attached hydrogens (tertiary/aromatic N) is 1. The largest absolute Gasteiger partial charge is 0.492 e. The maximum Gasteiger partial charge on any atom is 0.240 e. The average molecular weight is 403 g/mol. The van der Waals surface area contributed by atoms with Crippen LogP contribution >= 0.6 is 0 Å². The molecule has 1 aliphatic rings. The van der Waals surface area contributed by atoms with E-state index in [1.165, 1.54) is 5.56 Å². The number of hydrogen-bond acceptors (Lipinski definition) is 4. The van der Waals surface area contributed by atoms with Crippen molar-refractivity contribution >= 4 is 10.0 Å². The lowest BCUT2D eigenvalue weighted by molar-refractivity contribution is 0.148. The van der Waals surface area contributed by atoms with Crippen molar-refractivity contribution in [3.63, 3.8) is 0 Å². The number of hydrogen-bond donors (Lipinski definition) is 1. The highest BCUT2D eigenvalue weighted by molar-refractivity contribution is 7.89. The quantitative estimate of drug-likeness (QED) is 0.735. The van der Waals surface area contributed by atoms with Crippen molar-refractivity contribution in [3.05, 3.63) is 59.7 Å². The molecule has 0 radical (unpaired) electrons. The molecule has 1 atom stereocenters. The Balaban J connectivity index is 1.45. The Labute approximate surface area is 168 Å². The van der Waals surface area contributed by atoms with E-state index in [4.69, 9.17) is 4.74 Å². The molecule has 1 heterocycles. The third-order valence-corrected chi connectivity index (χ3v) is 6.60. The number of likely N-dealkylation sites (tertiary alicyclic amines) is 1. The molecular formula is C22H30N2O3S. The Bertz CT molecular complexity index is 866. The monoisotopic (exact) mass is 402 g/mol. The zero-order valence-electron chi connectivity index (χ0n) is 16.7. The molecular weight excluding hydrogens is 372 g/mol. The lowest BCUT2D eigenvalue weighted by Gasteiger charge is -2.32. The fraction of sp³-hybridized carbons (Fsp3) is 0.455. The minimum Gasteiger partial charge on any atom is -0.492 e.